The number of aliphatic hydroxyl groups is 2. The Hall–Kier alpha value is -9.35. The number of thiazole rings is 5. The molecule has 11 unspecified atom stereocenters. The number of ether oxygens (including phenoxy) is 6. The number of methoxy groups -OCH3 is 1. The minimum atomic E-state index is -4.65. The predicted octanol–water partition coefficient (Wildman–Crippen LogP) is 3.90. The molecule has 0 spiro atoms. The molecule has 0 saturated carbocycles. The summed E-state index contributed by atoms with van der Waals surface area (Å²) in [5, 5.41) is 54.9. The first-order valence-corrected chi connectivity index (χ1v) is 37.1. The van der Waals surface area contributed by atoms with Gasteiger partial charge in [0.05, 0.1) is 55.4 Å². The Balaban J connectivity index is 1.06. The quantitative estimate of drug-likeness (QED) is 0.0380. The highest BCUT2D eigenvalue weighted by Crippen LogP contribution is 2.44. The smallest absolute Gasteiger partial charge is 0.392 e. The summed E-state index contributed by atoms with van der Waals surface area (Å²) in [5.41, 5.74) is 1.39. The van der Waals surface area contributed by atoms with Crippen LogP contribution in [0.4, 0.5) is 0 Å². The van der Waals surface area contributed by atoms with Gasteiger partial charge in [0.25, 0.3) is 29.5 Å². The molecular weight excluding hydrogens is 1450 g/mol. The lowest BCUT2D eigenvalue weighted by atomic mass is 9.85. The first-order chi connectivity index (χ1) is 48.4. The molecule has 0 radical (unpaired) electrons. The molecule has 12 rings (SSSR count). The number of hydrogen-bond acceptors (Lipinski definition) is 31. The van der Waals surface area contributed by atoms with Crippen LogP contribution < -0.4 is 36.9 Å². The fraction of sp³-hybridized carbons (Fsp3) is 0.355. The number of aromatic hydroxyl groups is 1. The summed E-state index contributed by atoms with van der Waals surface area (Å²) in [4.78, 5) is 156. The molecule has 34 nitrogen and oxygen atoms in total. The number of allylic oxidation sites excluding steroid dienone is 1. The van der Waals surface area contributed by atoms with E-state index in [0.29, 0.717) is 0 Å². The van der Waals surface area contributed by atoms with Crippen LogP contribution in [0.5, 0.6) is 5.75 Å². The molecule has 7 aromatic heterocycles. The molecule has 40 heteroatoms. The largest absolute Gasteiger partial charge is 0.506 e. The number of aromatic nitrogens is 7. The van der Waals surface area contributed by atoms with E-state index in [4.69, 9.17) is 53.7 Å². The normalized spacial score (nSPS) is 24.2. The maximum atomic E-state index is 15.4. The standard InChI is InChI=1S/C62H63N14O20PS5/c1-23(49(63)79)64-50(80)32-20-101-58(69-32)43-37(78)13-28-42(71-43)31-18-99-56(66-31)30-17-93-60(85)45-29-16-91-46(47(95-38-14-62(5,87)48(75(6)7)26(4)94-38)61(86)92-15-27-11-10-12-36(39(27)29)76(45)96-97(9,88)89)44(59-70-33(21-102-59)51(81)65-30)74-53(83)35-22-100-57(68-35)41(25(3)90-8)73-54(84)40(24(2)77)72-52(82)34-19-98-55(28)67-34/h10-13,18-22,24,26,30,38,40,44,46-48,77-78,87H,1,14-17H2,2-9H3,(H2,63,79)(H,64,80)(H,65,81)(H,72,82)(H,73,84)(H,74,83)(H,88,89)/b41-25-. The minimum absolute atomic E-state index is 0.00141. The van der Waals surface area contributed by atoms with Crippen molar-refractivity contribution in [3.05, 3.63) is 124 Å². The Bertz CT molecular complexity index is 4820. The molecule has 11 heterocycles. The molecule has 102 heavy (non-hydrogen) atoms. The Morgan fingerprint density at radius 2 is 1.53 bits per heavy atom. The highest BCUT2D eigenvalue weighted by molar-refractivity contribution is 7.52. The number of nitrogens with two attached hydrogens (primary N) is 1. The number of cyclic esters (lactones) is 2. The van der Waals surface area contributed by atoms with Crippen molar-refractivity contribution < 1.29 is 96.2 Å². The van der Waals surface area contributed by atoms with Crippen molar-refractivity contribution in [2.75, 3.05) is 34.5 Å². The van der Waals surface area contributed by atoms with E-state index in [1.54, 1.807) is 38.9 Å². The van der Waals surface area contributed by atoms with Gasteiger partial charge in [0.2, 0.25) is 5.91 Å². The average Bonchev–Trinajstić information content (AvgIpc) is 1.57. The second kappa shape index (κ2) is 28.8. The second-order valence-electron chi connectivity index (χ2n) is 24.2. The first kappa shape index (κ1) is 72.4. The number of esters is 2. The van der Waals surface area contributed by atoms with E-state index < -0.39 is 152 Å². The molecule has 6 amide bonds. The van der Waals surface area contributed by atoms with Gasteiger partial charge in [0.1, 0.15) is 120 Å². The van der Waals surface area contributed by atoms with E-state index in [2.05, 4.69) is 48.1 Å². The third-order valence-electron chi connectivity index (χ3n) is 16.5. The third-order valence-corrected chi connectivity index (χ3v) is 21.5. The van der Waals surface area contributed by atoms with Gasteiger partial charge < -0.3 is 90.5 Å². The molecule has 0 aliphatic carbocycles. The topological polar surface area (TPSA) is 471 Å². The Labute approximate surface area is 597 Å². The van der Waals surface area contributed by atoms with Crippen molar-refractivity contribution in [3.63, 3.8) is 0 Å². The highest BCUT2D eigenvalue weighted by atomic mass is 32.1. The number of pyridine rings is 1. The lowest BCUT2D eigenvalue weighted by Crippen LogP contribution is -2.62. The Morgan fingerprint density at radius 3 is 2.23 bits per heavy atom. The number of nitrogens with zero attached hydrogens (tertiary/aromatic N) is 8. The van der Waals surface area contributed by atoms with Crippen LogP contribution in [0.1, 0.15) is 125 Å². The number of hydrogen-bond donors (Lipinski definition) is 10. The summed E-state index contributed by atoms with van der Waals surface area (Å²) in [7, 11) is 0.139. The van der Waals surface area contributed by atoms with Crippen molar-refractivity contribution in [1.29, 1.82) is 0 Å². The summed E-state index contributed by atoms with van der Waals surface area (Å²) >= 11 is 4.33. The van der Waals surface area contributed by atoms with Gasteiger partial charge in [-0.1, -0.05) is 18.7 Å². The van der Waals surface area contributed by atoms with Gasteiger partial charge >= 0.3 is 19.5 Å². The number of nitrogens with one attached hydrogen (secondary N) is 5. The SMILES string of the molecule is C=C(NC(=O)c1csc(-c2nc3c(cc2O)-c2nc(cs2)C(=O)NC(C(C)O)C(=O)N/C(=C(/C)OC)c2nc(cs2)C(=O)NC2c4nc(cs4)C(=O)NC(COC(=O)c4c5c6c(cccc6n4OP(C)(=O)O)COC(=O)C(OC4CC(C)(O)C(N(C)C)C(C)O4)C2OC5)c2nc-3cs2)n1)C(N)=O. The van der Waals surface area contributed by atoms with Gasteiger partial charge in [0, 0.05) is 49.8 Å². The number of benzene rings is 1. The number of carbonyl (C=O) groups excluding carboxylic acids is 8. The summed E-state index contributed by atoms with van der Waals surface area (Å²) in [6, 6.07) is 0.273. The first-order valence-electron chi connectivity index (χ1n) is 30.7. The van der Waals surface area contributed by atoms with Gasteiger partial charge in [-0.25, -0.2) is 44.1 Å². The molecule has 1 aromatic carbocycles. The van der Waals surface area contributed by atoms with E-state index in [-0.39, 0.29) is 110 Å². The van der Waals surface area contributed by atoms with Crippen LogP contribution in [-0.2, 0) is 60.6 Å². The van der Waals surface area contributed by atoms with E-state index in [9.17, 15) is 44.0 Å². The van der Waals surface area contributed by atoms with Gasteiger partial charge in [-0.2, -0.15) is 4.73 Å². The number of amides is 6. The van der Waals surface area contributed by atoms with E-state index in [1.165, 1.54) is 66.1 Å². The maximum Gasteiger partial charge on any atom is 0.392 e. The van der Waals surface area contributed by atoms with Crippen LogP contribution in [-0.4, -0.2) is 190 Å². The van der Waals surface area contributed by atoms with Crippen molar-refractivity contribution in [2.24, 2.45) is 5.73 Å². The van der Waals surface area contributed by atoms with E-state index in [0.717, 1.165) is 68.1 Å². The molecular formula is C62H63N14O20PS5. The van der Waals surface area contributed by atoms with Crippen LogP contribution in [0.15, 0.2) is 69.2 Å². The van der Waals surface area contributed by atoms with Crippen LogP contribution in [0.2, 0.25) is 0 Å². The van der Waals surface area contributed by atoms with Gasteiger partial charge in [-0.3, -0.25) is 28.8 Å². The Kier molecular flexibility index (Phi) is 20.5. The minimum Gasteiger partial charge on any atom is -0.506 e. The van der Waals surface area contributed by atoms with Crippen LogP contribution in [0.3, 0.4) is 0 Å². The molecule has 8 aromatic rings. The maximum absolute atomic E-state index is 15.4. The molecule has 4 aliphatic heterocycles. The molecule has 536 valence electrons. The number of fused-ring (bicyclic) bond motifs is 15. The third kappa shape index (κ3) is 14.7. The molecule has 1 saturated heterocycles. The van der Waals surface area contributed by atoms with Crippen molar-refractivity contribution in [3.8, 4) is 38.4 Å². The van der Waals surface area contributed by atoms with Gasteiger partial charge in [-0.05, 0) is 59.5 Å². The van der Waals surface area contributed by atoms with Crippen molar-refractivity contribution >= 4 is 128 Å². The fourth-order valence-corrected chi connectivity index (χ4v) is 16.6. The highest BCUT2D eigenvalue weighted by Gasteiger charge is 2.50. The van der Waals surface area contributed by atoms with Crippen molar-refractivity contribution in [1.82, 2.24) is 66.1 Å². The van der Waals surface area contributed by atoms with Crippen LogP contribution in [0, 0.1) is 0 Å². The van der Waals surface area contributed by atoms with Gasteiger partial charge in [0.15, 0.2) is 18.1 Å². The summed E-state index contributed by atoms with van der Waals surface area (Å²) in [5.74, 6) is -8.61. The Morgan fingerprint density at radius 1 is 0.873 bits per heavy atom. The second-order valence-corrected chi connectivity index (χ2v) is 30.3. The van der Waals surface area contributed by atoms with E-state index >= 15 is 19.2 Å². The average molecular weight is 1520 g/mol. The van der Waals surface area contributed by atoms with Crippen LogP contribution in [0.25, 0.3) is 49.3 Å². The molecule has 11 N–H and O–H groups in total. The summed E-state index contributed by atoms with van der Waals surface area (Å²) in [6.45, 7) is 8.22. The lowest BCUT2D eigenvalue weighted by molar-refractivity contribution is -0.280. The zero-order valence-corrected chi connectivity index (χ0v) is 59.9. The zero-order valence-electron chi connectivity index (χ0n) is 54.9. The molecule has 4 aliphatic rings. The van der Waals surface area contributed by atoms with Crippen LogP contribution >= 0.6 is 64.3 Å². The van der Waals surface area contributed by atoms with E-state index in [1.807, 2.05) is 0 Å². The number of carbonyl (C=O) groups is 8. The number of aliphatic hydroxyl groups excluding tert-OH is 1. The lowest BCUT2D eigenvalue weighted by Gasteiger charge is -2.48. The summed E-state index contributed by atoms with van der Waals surface area (Å²) in [6.07, 6.45) is -7.84. The molecule has 12 bridgehead atoms. The monoisotopic (exact) mass is 1510 g/mol. The number of primary amides is 1. The number of likely N-dealkylation sites (N-methyl/N-ethyl adjacent to an activating group) is 1. The predicted molar refractivity (Wildman–Crippen MR) is 365 cm³/mol. The zero-order chi connectivity index (χ0) is 73.1. The molecule has 1 fully saturated rings. The fourth-order valence-electron chi connectivity index (χ4n) is 12.0. The molecule has 11 atom stereocenters. The summed E-state index contributed by atoms with van der Waals surface area (Å²) < 4.78 is 57.9. The number of rotatable bonds is 11. The van der Waals surface area contributed by atoms with Crippen molar-refractivity contribution in [2.45, 2.75) is 108 Å². The van der Waals surface area contributed by atoms with Gasteiger partial charge in [-0.15, -0.1) is 56.7 Å².